The molecule has 1 N–H and O–H groups in total. The zero-order valence-corrected chi connectivity index (χ0v) is 26.5. The lowest BCUT2D eigenvalue weighted by atomic mass is 9.96. The second kappa shape index (κ2) is 32.2. The van der Waals surface area contributed by atoms with Crippen molar-refractivity contribution in [1.29, 1.82) is 0 Å². The molecular formula is C34H68O4. The number of ether oxygens (including phenoxy) is 1. The number of carboxylic acid groups (broad SMARTS) is 1. The van der Waals surface area contributed by atoms with Crippen LogP contribution in [0.25, 0.3) is 0 Å². The van der Waals surface area contributed by atoms with Crippen molar-refractivity contribution in [3.05, 3.63) is 0 Å². The number of carbonyl (C=O) groups is 2. The van der Waals surface area contributed by atoms with Crippen molar-refractivity contribution in [3.63, 3.8) is 0 Å². The molecule has 0 saturated carbocycles. The molecule has 1 unspecified atom stereocenters. The highest BCUT2D eigenvalue weighted by Crippen LogP contribution is 2.17. The fourth-order valence-corrected chi connectivity index (χ4v) is 4.87. The number of esters is 1. The van der Waals surface area contributed by atoms with E-state index in [0.717, 1.165) is 32.1 Å². The van der Waals surface area contributed by atoms with Crippen LogP contribution in [0, 0.1) is 5.92 Å². The molecule has 0 rings (SSSR count). The second-order valence-corrected chi connectivity index (χ2v) is 11.6. The van der Waals surface area contributed by atoms with E-state index in [4.69, 9.17) is 9.84 Å². The Balaban J connectivity index is 0. The lowest BCUT2D eigenvalue weighted by Gasteiger charge is -2.10. The normalized spacial score (nSPS) is 11.7. The van der Waals surface area contributed by atoms with E-state index in [2.05, 4.69) is 20.8 Å². The third-order valence-electron chi connectivity index (χ3n) is 7.24. The molecule has 0 heterocycles. The number of rotatable bonds is 27. The van der Waals surface area contributed by atoms with Gasteiger partial charge in [0.15, 0.2) is 0 Å². The third kappa shape index (κ3) is 33.0. The highest BCUT2D eigenvalue weighted by atomic mass is 16.5. The SMILES string of the molecule is CCCCCCCCCCCCC(CCC)C(=O)O.CCCCCCCCCCCCCC(=O)OC(C)C. The first-order valence-electron chi connectivity index (χ1n) is 16.8. The van der Waals surface area contributed by atoms with Crippen LogP contribution in [0.3, 0.4) is 0 Å². The fraction of sp³-hybridized carbons (Fsp3) is 0.941. The number of carboxylic acids is 1. The zero-order chi connectivity index (χ0) is 28.7. The molecule has 0 radical (unpaired) electrons. The van der Waals surface area contributed by atoms with Crippen molar-refractivity contribution in [1.82, 2.24) is 0 Å². The van der Waals surface area contributed by atoms with Crippen molar-refractivity contribution >= 4 is 11.9 Å². The van der Waals surface area contributed by atoms with Gasteiger partial charge in [-0.1, -0.05) is 156 Å². The first-order valence-corrected chi connectivity index (χ1v) is 16.8. The van der Waals surface area contributed by atoms with Gasteiger partial charge in [-0.2, -0.15) is 0 Å². The fourth-order valence-electron chi connectivity index (χ4n) is 4.87. The molecule has 0 aliphatic heterocycles. The molecule has 0 bridgehead atoms. The average molecular weight is 541 g/mol. The van der Waals surface area contributed by atoms with Crippen molar-refractivity contribution < 1.29 is 19.4 Å². The van der Waals surface area contributed by atoms with Gasteiger partial charge in [0.1, 0.15) is 0 Å². The predicted molar refractivity (Wildman–Crippen MR) is 165 cm³/mol. The summed E-state index contributed by atoms with van der Waals surface area (Å²) in [7, 11) is 0. The summed E-state index contributed by atoms with van der Waals surface area (Å²) in [6, 6.07) is 0. The van der Waals surface area contributed by atoms with E-state index in [9.17, 15) is 9.59 Å². The van der Waals surface area contributed by atoms with E-state index in [1.807, 2.05) is 13.8 Å². The Morgan fingerprint density at radius 1 is 0.526 bits per heavy atom. The van der Waals surface area contributed by atoms with Crippen LogP contribution < -0.4 is 0 Å². The largest absolute Gasteiger partial charge is 0.481 e. The Morgan fingerprint density at radius 3 is 1.24 bits per heavy atom. The molecule has 4 nitrogen and oxygen atoms in total. The minimum Gasteiger partial charge on any atom is -0.481 e. The number of hydrogen-bond acceptors (Lipinski definition) is 3. The minimum absolute atomic E-state index is 0.0280. The maximum atomic E-state index is 11.3. The van der Waals surface area contributed by atoms with E-state index in [1.54, 1.807) is 0 Å². The Hall–Kier alpha value is -1.06. The standard InChI is InChI=1S/2C17H34O2/c1-4-5-6-7-8-9-10-11-12-13-14-15-17(18)19-16(2)3;1-3-5-6-7-8-9-10-11-12-13-15-16(14-4-2)17(18)19/h16H,4-15H2,1-3H3;16H,3-15H2,1-2H3,(H,18,19). The van der Waals surface area contributed by atoms with Crippen LogP contribution in [0.2, 0.25) is 0 Å². The van der Waals surface area contributed by atoms with E-state index in [-0.39, 0.29) is 18.0 Å². The molecule has 0 aromatic heterocycles. The van der Waals surface area contributed by atoms with Crippen molar-refractivity contribution in [2.75, 3.05) is 0 Å². The van der Waals surface area contributed by atoms with E-state index in [0.29, 0.717) is 6.42 Å². The van der Waals surface area contributed by atoms with Gasteiger partial charge < -0.3 is 9.84 Å². The summed E-state index contributed by atoms with van der Waals surface area (Å²) < 4.78 is 5.10. The molecule has 0 aliphatic carbocycles. The Kier molecular flexibility index (Phi) is 33.1. The van der Waals surface area contributed by atoms with Gasteiger partial charge in [-0.25, -0.2) is 0 Å². The Labute approximate surface area is 238 Å². The molecule has 0 aromatic carbocycles. The summed E-state index contributed by atoms with van der Waals surface area (Å²) in [6.07, 6.45) is 30.9. The highest BCUT2D eigenvalue weighted by molar-refractivity contribution is 5.70. The molecule has 0 amide bonds. The zero-order valence-electron chi connectivity index (χ0n) is 26.5. The molecule has 228 valence electrons. The molecule has 0 saturated heterocycles. The molecule has 4 heteroatoms. The summed E-state index contributed by atoms with van der Waals surface area (Å²) in [5.41, 5.74) is 0. The molecule has 0 aliphatic rings. The van der Waals surface area contributed by atoms with Crippen LogP contribution in [-0.2, 0) is 14.3 Å². The first-order chi connectivity index (χ1) is 18.4. The van der Waals surface area contributed by atoms with Crippen LogP contribution in [0.4, 0.5) is 0 Å². The van der Waals surface area contributed by atoms with Crippen LogP contribution in [0.1, 0.15) is 195 Å². The topological polar surface area (TPSA) is 63.6 Å². The number of carbonyl (C=O) groups excluding carboxylic acids is 1. The number of unbranched alkanes of at least 4 members (excludes halogenated alkanes) is 19. The van der Waals surface area contributed by atoms with Gasteiger partial charge in [0.05, 0.1) is 12.0 Å². The van der Waals surface area contributed by atoms with Gasteiger partial charge in [-0.15, -0.1) is 0 Å². The monoisotopic (exact) mass is 541 g/mol. The van der Waals surface area contributed by atoms with E-state index >= 15 is 0 Å². The van der Waals surface area contributed by atoms with Gasteiger partial charge in [0.2, 0.25) is 0 Å². The molecule has 38 heavy (non-hydrogen) atoms. The van der Waals surface area contributed by atoms with Gasteiger partial charge in [0.25, 0.3) is 0 Å². The van der Waals surface area contributed by atoms with Crippen molar-refractivity contribution in [2.45, 2.75) is 201 Å². The lowest BCUT2D eigenvalue weighted by molar-refractivity contribution is -0.147. The predicted octanol–water partition coefficient (Wildman–Crippen LogP) is 11.4. The quantitative estimate of drug-likeness (QED) is 0.0831. The van der Waals surface area contributed by atoms with Crippen LogP contribution >= 0.6 is 0 Å². The lowest BCUT2D eigenvalue weighted by Crippen LogP contribution is -2.13. The summed E-state index contributed by atoms with van der Waals surface area (Å²) in [5.74, 6) is -0.734. The maximum absolute atomic E-state index is 11.3. The van der Waals surface area contributed by atoms with Gasteiger partial charge in [0, 0.05) is 6.42 Å². The van der Waals surface area contributed by atoms with Crippen LogP contribution in [-0.4, -0.2) is 23.1 Å². The van der Waals surface area contributed by atoms with Crippen molar-refractivity contribution in [2.24, 2.45) is 5.92 Å². The molecule has 0 fully saturated rings. The molecule has 0 spiro atoms. The van der Waals surface area contributed by atoms with Crippen molar-refractivity contribution in [3.8, 4) is 0 Å². The summed E-state index contributed by atoms with van der Waals surface area (Å²) in [6.45, 7) is 10.4. The third-order valence-corrected chi connectivity index (χ3v) is 7.24. The summed E-state index contributed by atoms with van der Waals surface area (Å²) in [4.78, 5) is 22.3. The number of aliphatic carboxylic acids is 1. The maximum Gasteiger partial charge on any atom is 0.306 e. The van der Waals surface area contributed by atoms with Gasteiger partial charge in [-0.3, -0.25) is 9.59 Å². The Morgan fingerprint density at radius 2 is 0.895 bits per heavy atom. The smallest absolute Gasteiger partial charge is 0.306 e. The molecule has 1 atom stereocenters. The minimum atomic E-state index is -0.599. The first kappa shape index (κ1) is 39.1. The highest BCUT2D eigenvalue weighted by Gasteiger charge is 2.15. The van der Waals surface area contributed by atoms with Crippen LogP contribution in [0.5, 0.6) is 0 Å². The summed E-state index contributed by atoms with van der Waals surface area (Å²) in [5, 5.41) is 9.05. The van der Waals surface area contributed by atoms with E-state index in [1.165, 1.54) is 122 Å². The second-order valence-electron chi connectivity index (χ2n) is 11.6. The summed E-state index contributed by atoms with van der Waals surface area (Å²) >= 11 is 0. The van der Waals surface area contributed by atoms with Gasteiger partial charge in [-0.05, 0) is 33.1 Å². The number of hydrogen-bond donors (Lipinski definition) is 1. The van der Waals surface area contributed by atoms with Gasteiger partial charge >= 0.3 is 11.9 Å². The molecular weight excluding hydrogens is 472 g/mol. The average Bonchev–Trinajstić information content (AvgIpc) is 2.87. The Bertz CT molecular complexity index is 489. The van der Waals surface area contributed by atoms with Crippen LogP contribution in [0.15, 0.2) is 0 Å². The molecule has 0 aromatic rings. The van der Waals surface area contributed by atoms with E-state index < -0.39 is 5.97 Å².